The van der Waals surface area contributed by atoms with Gasteiger partial charge in [0.2, 0.25) is 0 Å². The molecule has 0 radical (unpaired) electrons. The first-order valence-corrected chi connectivity index (χ1v) is 5.29. The summed E-state index contributed by atoms with van der Waals surface area (Å²) in [6.45, 7) is 0. The van der Waals surface area contributed by atoms with Crippen LogP contribution in [0.15, 0.2) is 36.4 Å². The lowest BCUT2D eigenvalue weighted by molar-refractivity contribution is 0.101. The van der Waals surface area contributed by atoms with Gasteiger partial charge in [-0.3, -0.25) is 4.79 Å². The van der Waals surface area contributed by atoms with Gasteiger partial charge in [0.25, 0.3) is 5.91 Å². The topological polar surface area (TPSA) is 55.1 Å². The summed E-state index contributed by atoms with van der Waals surface area (Å²) in [5.41, 5.74) is 4.81. The molecule has 0 aliphatic rings. The van der Waals surface area contributed by atoms with Crippen molar-refractivity contribution in [2.75, 3.05) is 11.1 Å². The molecule has 6 heteroatoms. The quantitative estimate of drug-likeness (QED) is 0.821. The van der Waals surface area contributed by atoms with E-state index in [1.54, 1.807) is 0 Å². The highest BCUT2D eigenvalue weighted by atomic mass is 19.1. The molecule has 0 aliphatic heterocycles. The van der Waals surface area contributed by atoms with E-state index < -0.39 is 28.9 Å². The van der Waals surface area contributed by atoms with Crippen molar-refractivity contribution in [3.63, 3.8) is 0 Å². The fourth-order valence-electron chi connectivity index (χ4n) is 1.55. The van der Waals surface area contributed by atoms with E-state index in [-0.39, 0.29) is 11.4 Å². The van der Waals surface area contributed by atoms with Crippen molar-refractivity contribution >= 4 is 17.3 Å². The van der Waals surface area contributed by atoms with Crippen LogP contribution in [0.4, 0.5) is 24.5 Å². The van der Waals surface area contributed by atoms with E-state index in [9.17, 15) is 18.0 Å². The molecule has 3 N–H and O–H groups in total. The molecule has 0 fully saturated rings. The number of nitrogen functional groups attached to an aromatic ring is 1. The third-order valence-electron chi connectivity index (χ3n) is 2.45. The summed E-state index contributed by atoms with van der Waals surface area (Å²) in [6, 6.07) is 6.35. The number of rotatable bonds is 2. The summed E-state index contributed by atoms with van der Waals surface area (Å²) in [6.07, 6.45) is 0. The second-order valence-corrected chi connectivity index (χ2v) is 3.78. The van der Waals surface area contributed by atoms with Crippen molar-refractivity contribution < 1.29 is 18.0 Å². The van der Waals surface area contributed by atoms with Crippen LogP contribution in [0.2, 0.25) is 0 Å². The lowest BCUT2D eigenvalue weighted by Crippen LogP contribution is -2.16. The third kappa shape index (κ3) is 2.67. The molecule has 1 amide bonds. The molecule has 0 unspecified atom stereocenters. The van der Waals surface area contributed by atoms with Crippen LogP contribution in [0.5, 0.6) is 0 Å². The smallest absolute Gasteiger partial charge is 0.261 e. The number of hydrogen-bond acceptors (Lipinski definition) is 2. The average Bonchev–Trinajstić information content (AvgIpc) is 2.32. The lowest BCUT2D eigenvalue weighted by atomic mass is 10.1. The molecule has 0 saturated carbocycles. The second-order valence-electron chi connectivity index (χ2n) is 3.78. The van der Waals surface area contributed by atoms with E-state index in [1.807, 2.05) is 0 Å². The summed E-state index contributed by atoms with van der Waals surface area (Å²) in [5, 5.41) is 2.22. The minimum absolute atomic E-state index is 0.0369. The molecule has 98 valence electrons. The molecule has 0 aliphatic carbocycles. The van der Waals surface area contributed by atoms with Gasteiger partial charge in [0.1, 0.15) is 23.0 Å². The molecule has 2 aromatic carbocycles. The number of anilines is 2. The molecule has 0 spiro atoms. The van der Waals surface area contributed by atoms with Crippen LogP contribution in [-0.4, -0.2) is 5.91 Å². The van der Waals surface area contributed by atoms with Crippen molar-refractivity contribution in [3.05, 3.63) is 59.4 Å². The number of carbonyl (C=O) groups excluding carboxylic acids is 1. The Hall–Kier alpha value is -2.50. The predicted molar refractivity (Wildman–Crippen MR) is 65.1 cm³/mol. The summed E-state index contributed by atoms with van der Waals surface area (Å²) in [5.74, 6) is -3.54. The molecule has 19 heavy (non-hydrogen) atoms. The van der Waals surface area contributed by atoms with Crippen LogP contribution >= 0.6 is 0 Å². The number of benzene rings is 2. The number of nitrogens with one attached hydrogen (secondary N) is 1. The Labute approximate surface area is 106 Å². The van der Waals surface area contributed by atoms with Gasteiger partial charge in [-0.15, -0.1) is 0 Å². The summed E-state index contributed by atoms with van der Waals surface area (Å²) in [7, 11) is 0. The molecular formula is C13H9F3N2O. The van der Waals surface area contributed by atoms with Crippen LogP contribution in [0.25, 0.3) is 0 Å². The molecule has 0 heterocycles. The number of halogens is 3. The van der Waals surface area contributed by atoms with Crippen LogP contribution in [0.3, 0.4) is 0 Å². The van der Waals surface area contributed by atoms with Crippen LogP contribution in [0.1, 0.15) is 10.4 Å². The Morgan fingerprint density at radius 1 is 1.05 bits per heavy atom. The largest absolute Gasteiger partial charge is 0.397 e. The maximum Gasteiger partial charge on any atom is 0.261 e. The van der Waals surface area contributed by atoms with Crippen molar-refractivity contribution in [1.29, 1.82) is 0 Å². The van der Waals surface area contributed by atoms with Gasteiger partial charge in [-0.1, -0.05) is 6.07 Å². The Morgan fingerprint density at radius 2 is 1.68 bits per heavy atom. The maximum absolute atomic E-state index is 13.4. The highest BCUT2D eigenvalue weighted by molar-refractivity contribution is 6.06. The van der Waals surface area contributed by atoms with Gasteiger partial charge in [-0.25, -0.2) is 13.2 Å². The van der Waals surface area contributed by atoms with E-state index in [1.165, 1.54) is 6.07 Å². The molecule has 3 nitrogen and oxygen atoms in total. The highest BCUT2D eigenvalue weighted by Gasteiger charge is 2.17. The van der Waals surface area contributed by atoms with Crippen LogP contribution in [0, 0.1) is 17.5 Å². The Morgan fingerprint density at radius 3 is 2.26 bits per heavy atom. The molecule has 2 aromatic rings. The lowest BCUT2D eigenvalue weighted by Gasteiger charge is -2.09. The zero-order valence-electron chi connectivity index (χ0n) is 9.58. The van der Waals surface area contributed by atoms with Crippen molar-refractivity contribution in [2.45, 2.75) is 0 Å². The first-order chi connectivity index (χ1) is 8.99. The van der Waals surface area contributed by atoms with E-state index in [0.717, 1.165) is 30.3 Å². The Bertz CT molecular complexity index is 624. The molecular weight excluding hydrogens is 257 g/mol. The number of nitrogens with two attached hydrogens (primary N) is 1. The molecule has 0 bridgehead atoms. The second kappa shape index (κ2) is 5.01. The summed E-state index contributed by atoms with van der Waals surface area (Å²) < 4.78 is 39.6. The average molecular weight is 266 g/mol. The van der Waals surface area contributed by atoms with Crippen LogP contribution in [-0.2, 0) is 0 Å². The van der Waals surface area contributed by atoms with Gasteiger partial charge in [-0.05, 0) is 30.3 Å². The molecule has 0 aromatic heterocycles. The fourth-order valence-corrected chi connectivity index (χ4v) is 1.55. The highest BCUT2D eigenvalue weighted by Crippen LogP contribution is 2.21. The Kier molecular flexibility index (Phi) is 3.41. The van der Waals surface area contributed by atoms with Gasteiger partial charge in [-0.2, -0.15) is 0 Å². The standard InChI is InChI=1S/C13H9F3N2O/c14-7-4-5-11(10(17)6-7)18-13(19)12-8(15)2-1-3-9(12)16/h1-6H,17H2,(H,18,19). The van der Waals surface area contributed by atoms with Gasteiger partial charge in [0.15, 0.2) is 0 Å². The van der Waals surface area contributed by atoms with E-state index in [2.05, 4.69) is 5.32 Å². The fraction of sp³-hybridized carbons (Fsp3) is 0. The van der Waals surface area contributed by atoms with E-state index in [0.29, 0.717) is 0 Å². The van der Waals surface area contributed by atoms with E-state index in [4.69, 9.17) is 5.73 Å². The van der Waals surface area contributed by atoms with E-state index >= 15 is 0 Å². The van der Waals surface area contributed by atoms with Gasteiger partial charge in [0.05, 0.1) is 11.4 Å². The summed E-state index contributed by atoms with van der Waals surface area (Å²) >= 11 is 0. The normalized spacial score (nSPS) is 10.3. The first kappa shape index (κ1) is 12.9. The SMILES string of the molecule is Nc1cc(F)ccc1NC(=O)c1c(F)cccc1F. The number of hydrogen-bond donors (Lipinski definition) is 2. The van der Waals surface area contributed by atoms with Crippen molar-refractivity contribution in [2.24, 2.45) is 0 Å². The minimum Gasteiger partial charge on any atom is -0.397 e. The van der Waals surface area contributed by atoms with Gasteiger partial charge in [0, 0.05) is 0 Å². The van der Waals surface area contributed by atoms with Gasteiger partial charge >= 0.3 is 0 Å². The van der Waals surface area contributed by atoms with Crippen molar-refractivity contribution in [3.8, 4) is 0 Å². The zero-order chi connectivity index (χ0) is 14.0. The van der Waals surface area contributed by atoms with Gasteiger partial charge < -0.3 is 11.1 Å². The summed E-state index contributed by atoms with van der Waals surface area (Å²) in [4.78, 5) is 11.8. The molecule has 0 atom stereocenters. The molecule has 0 saturated heterocycles. The molecule has 2 rings (SSSR count). The monoisotopic (exact) mass is 266 g/mol. The number of carbonyl (C=O) groups is 1. The van der Waals surface area contributed by atoms with Crippen LogP contribution < -0.4 is 11.1 Å². The zero-order valence-corrected chi connectivity index (χ0v) is 9.58. The Balaban J connectivity index is 2.31. The van der Waals surface area contributed by atoms with Crippen molar-refractivity contribution in [1.82, 2.24) is 0 Å². The third-order valence-corrected chi connectivity index (χ3v) is 2.45. The predicted octanol–water partition coefficient (Wildman–Crippen LogP) is 2.94. The first-order valence-electron chi connectivity index (χ1n) is 5.29. The maximum atomic E-state index is 13.4. The minimum atomic E-state index is -0.992. The number of amides is 1.